The number of hydrogen-bond acceptors (Lipinski definition) is 7. The summed E-state index contributed by atoms with van der Waals surface area (Å²) in [5.74, 6) is -0.747. The molecule has 2 aromatic carbocycles. The molecule has 0 saturated heterocycles. The molecule has 0 unspecified atom stereocenters. The van der Waals surface area contributed by atoms with Crippen LogP contribution in [0.15, 0.2) is 35.2 Å². The standard InChI is InChI=1S/C20H19Cl2NO7S/c1-28-12-5-6-13(18(7-12)29-2)17(24)10-30-20(25)14-8-19(16(22)9-15(14)21)31(26,27)23-11-3-4-11/h5-9,11,23H,3-4,10H2,1-2H3. The molecule has 0 heterocycles. The predicted molar refractivity (Wildman–Crippen MR) is 114 cm³/mol. The van der Waals surface area contributed by atoms with Gasteiger partial charge in [0.05, 0.1) is 35.4 Å². The highest BCUT2D eigenvalue weighted by atomic mass is 35.5. The Labute approximate surface area is 189 Å². The maximum absolute atomic E-state index is 12.5. The van der Waals surface area contributed by atoms with E-state index in [-0.39, 0.29) is 37.9 Å². The van der Waals surface area contributed by atoms with E-state index < -0.39 is 28.4 Å². The molecule has 0 aromatic heterocycles. The number of hydrogen-bond donors (Lipinski definition) is 1. The van der Waals surface area contributed by atoms with Gasteiger partial charge < -0.3 is 14.2 Å². The van der Waals surface area contributed by atoms with Crippen molar-refractivity contribution in [2.45, 2.75) is 23.8 Å². The molecule has 0 radical (unpaired) electrons. The summed E-state index contributed by atoms with van der Waals surface area (Å²) in [6, 6.07) is 6.61. The molecule has 2 aromatic rings. The average Bonchev–Trinajstić information content (AvgIpc) is 3.54. The highest BCUT2D eigenvalue weighted by Gasteiger charge is 2.30. The summed E-state index contributed by atoms with van der Waals surface area (Å²) in [6.45, 7) is -0.608. The van der Waals surface area contributed by atoms with Crippen LogP contribution in [0.2, 0.25) is 10.0 Å². The number of nitrogens with one attached hydrogen (secondary N) is 1. The third-order valence-corrected chi connectivity index (χ3v) is 6.77. The molecule has 0 aliphatic heterocycles. The van der Waals surface area contributed by atoms with Crippen molar-refractivity contribution in [3.05, 3.63) is 51.5 Å². The van der Waals surface area contributed by atoms with E-state index in [2.05, 4.69) is 4.72 Å². The lowest BCUT2D eigenvalue weighted by molar-refractivity contribution is 0.0474. The Kier molecular flexibility index (Phi) is 7.10. The van der Waals surface area contributed by atoms with E-state index in [9.17, 15) is 18.0 Å². The number of esters is 1. The molecule has 3 rings (SSSR count). The first-order valence-electron chi connectivity index (χ1n) is 9.10. The molecule has 1 saturated carbocycles. The van der Waals surface area contributed by atoms with Crippen molar-refractivity contribution in [1.29, 1.82) is 0 Å². The molecule has 0 amide bonds. The smallest absolute Gasteiger partial charge is 0.340 e. The topological polar surface area (TPSA) is 108 Å². The fourth-order valence-electron chi connectivity index (χ4n) is 2.69. The van der Waals surface area contributed by atoms with Crippen LogP contribution in [0.3, 0.4) is 0 Å². The summed E-state index contributed by atoms with van der Waals surface area (Å²) in [5, 5.41) is -0.233. The SMILES string of the molecule is COc1ccc(C(=O)COC(=O)c2cc(S(=O)(=O)NC3CC3)c(Cl)cc2Cl)c(OC)c1. The molecular formula is C20H19Cl2NO7S. The predicted octanol–water partition coefficient (Wildman–Crippen LogP) is 3.49. The van der Waals surface area contributed by atoms with Crippen LogP contribution in [0, 0.1) is 0 Å². The van der Waals surface area contributed by atoms with Crippen LogP contribution < -0.4 is 14.2 Å². The number of benzene rings is 2. The van der Waals surface area contributed by atoms with E-state index in [0.29, 0.717) is 5.75 Å². The van der Waals surface area contributed by atoms with Crippen molar-refractivity contribution in [3.63, 3.8) is 0 Å². The molecule has 31 heavy (non-hydrogen) atoms. The van der Waals surface area contributed by atoms with Crippen molar-refractivity contribution in [2.75, 3.05) is 20.8 Å². The highest BCUT2D eigenvalue weighted by molar-refractivity contribution is 7.89. The summed E-state index contributed by atoms with van der Waals surface area (Å²) in [7, 11) is -1.07. The second kappa shape index (κ2) is 9.44. The van der Waals surface area contributed by atoms with E-state index in [1.807, 2.05) is 0 Å². The first-order valence-corrected chi connectivity index (χ1v) is 11.3. The van der Waals surface area contributed by atoms with Crippen LogP contribution in [0.1, 0.15) is 33.6 Å². The van der Waals surface area contributed by atoms with Crippen LogP contribution in [-0.4, -0.2) is 47.0 Å². The molecule has 11 heteroatoms. The van der Waals surface area contributed by atoms with Gasteiger partial charge in [-0.1, -0.05) is 23.2 Å². The third kappa shape index (κ3) is 5.48. The van der Waals surface area contributed by atoms with Crippen molar-refractivity contribution in [1.82, 2.24) is 4.72 Å². The molecule has 1 N–H and O–H groups in total. The second-order valence-corrected chi connectivity index (χ2v) is 9.22. The lowest BCUT2D eigenvalue weighted by Gasteiger charge is -2.12. The minimum Gasteiger partial charge on any atom is -0.497 e. The molecule has 0 bridgehead atoms. The molecule has 1 aliphatic carbocycles. The maximum Gasteiger partial charge on any atom is 0.340 e. The van der Waals surface area contributed by atoms with Crippen LogP contribution in [-0.2, 0) is 14.8 Å². The van der Waals surface area contributed by atoms with Gasteiger partial charge >= 0.3 is 5.97 Å². The maximum atomic E-state index is 12.5. The summed E-state index contributed by atoms with van der Waals surface area (Å²) < 4.78 is 42.8. The fourth-order valence-corrected chi connectivity index (χ4v) is 4.85. The fraction of sp³-hybridized carbons (Fsp3) is 0.300. The van der Waals surface area contributed by atoms with Crippen LogP contribution in [0.5, 0.6) is 11.5 Å². The molecule has 1 fully saturated rings. The lowest BCUT2D eigenvalue weighted by Crippen LogP contribution is -2.26. The van der Waals surface area contributed by atoms with Gasteiger partial charge in [0.25, 0.3) is 0 Å². The Bertz CT molecular complexity index is 1130. The quantitative estimate of drug-likeness (QED) is 0.425. The van der Waals surface area contributed by atoms with Crippen molar-refractivity contribution in [3.8, 4) is 11.5 Å². The summed E-state index contributed by atoms with van der Waals surface area (Å²) in [6.07, 6.45) is 1.46. The first-order chi connectivity index (χ1) is 14.7. The average molecular weight is 488 g/mol. The summed E-state index contributed by atoms with van der Waals surface area (Å²) >= 11 is 12.1. The Morgan fingerprint density at radius 1 is 1.03 bits per heavy atom. The number of rotatable bonds is 9. The first kappa shape index (κ1) is 23.3. The minimum absolute atomic E-state index is 0.102. The number of carbonyl (C=O) groups is 2. The molecule has 8 nitrogen and oxygen atoms in total. The van der Waals surface area contributed by atoms with Gasteiger partial charge in [0.2, 0.25) is 15.8 Å². The molecule has 0 atom stereocenters. The van der Waals surface area contributed by atoms with E-state index in [1.54, 1.807) is 6.07 Å². The van der Waals surface area contributed by atoms with Crippen molar-refractivity contribution < 1.29 is 32.2 Å². The van der Waals surface area contributed by atoms with Crippen LogP contribution >= 0.6 is 23.2 Å². The van der Waals surface area contributed by atoms with Gasteiger partial charge in [-0.25, -0.2) is 17.9 Å². The minimum atomic E-state index is -3.93. The van der Waals surface area contributed by atoms with Gasteiger partial charge in [0, 0.05) is 12.1 Å². The van der Waals surface area contributed by atoms with Crippen LogP contribution in [0.25, 0.3) is 0 Å². The Balaban J connectivity index is 1.77. The number of sulfonamides is 1. The molecular weight excluding hydrogens is 469 g/mol. The number of Topliss-reactive ketones (excluding diaryl/α,β-unsaturated/α-hetero) is 1. The van der Waals surface area contributed by atoms with Gasteiger partial charge in [-0.3, -0.25) is 4.79 Å². The number of halogens is 2. The van der Waals surface area contributed by atoms with Gasteiger partial charge in [0.1, 0.15) is 16.4 Å². The monoisotopic (exact) mass is 487 g/mol. The zero-order chi connectivity index (χ0) is 22.8. The van der Waals surface area contributed by atoms with Crippen molar-refractivity contribution >= 4 is 45.0 Å². The highest BCUT2D eigenvalue weighted by Crippen LogP contribution is 2.31. The Morgan fingerprint density at radius 3 is 2.35 bits per heavy atom. The largest absolute Gasteiger partial charge is 0.497 e. The number of ketones is 1. The van der Waals surface area contributed by atoms with E-state index in [1.165, 1.54) is 26.4 Å². The lowest BCUT2D eigenvalue weighted by atomic mass is 10.1. The van der Waals surface area contributed by atoms with Gasteiger partial charge in [-0.15, -0.1) is 0 Å². The third-order valence-electron chi connectivity index (χ3n) is 4.47. The molecule has 1 aliphatic rings. The van der Waals surface area contributed by atoms with Gasteiger partial charge in [-0.2, -0.15) is 0 Å². The van der Waals surface area contributed by atoms with E-state index >= 15 is 0 Å². The Hall–Kier alpha value is -2.33. The summed E-state index contributed by atoms with van der Waals surface area (Å²) in [5.41, 5.74) is -0.0352. The summed E-state index contributed by atoms with van der Waals surface area (Å²) in [4.78, 5) is 24.7. The molecule has 166 valence electrons. The van der Waals surface area contributed by atoms with E-state index in [4.69, 9.17) is 37.4 Å². The van der Waals surface area contributed by atoms with Gasteiger partial charge in [-0.05, 0) is 37.1 Å². The zero-order valence-electron chi connectivity index (χ0n) is 16.6. The molecule has 0 spiro atoms. The number of carbonyl (C=O) groups excluding carboxylic acids is 2. The van der Waals surface area contributed by atoms with Crippen LogP contribution in [0.4, 0.5) is 0 Å². The second-order valence-electron chi connectivity index (χ2n) is 6.72. The van der Waals surface area contributed by atoms with Crippen molar-refractivity contribution in [2.24, 2.45) is 0 Å². The Morgan fingerprint density at radius 2 is 1.74 bits per heavy atom. The number of methoxy groups -OCH3 is 2. The van der Waals surface area contributed by atoms with Gasteiger partial charge in [0.15, 0.2) is 6.61 Å². The zero-order valence-corrected chi connectivity index (χ0v) is 18.9. The van der Waals surface area contributed by atoms with E-state index in [0.717, 1.165) is 25.0 Å². The normalized spacial score (nSPS) is 13.5. The number of ether oxygens (including phenoxy) is 3.